The first-order valence-corrected chi connectivity index (χ1v) is 13.1. The highest BCUT2D eigenvalue weighted by Crippen LogP contribution is 2.73. The van der Waals surface area contributed by atoms with Gasteiger partial charge in [-0.25, -0.2) is 22.0 Å². The van der Waals surface area contributed by atoms with Gasteiger partial charge >= 0.3 is 12.4 Å². The predicted octanol–water partition coefficient (Wildman–Crippen LogP) is 3.37. The number of carbonyl (C=O) groups is 1. The fourth-order valence-electron chi connectivity index (χ4n) is 4.54. The molecule has 8 nitrogen and oxygen atoms in total. The SMILES string of the molecule is NS(=O)(=O)c1ccc(S(=O)(=O)Nc2cc(C(F)(F)F)ccc2C(=O)NC23CC(C(F)(F)F)(C2)C3)cc1. The van der Waals surface area contributed by atoms with Crippen LogP contribution in [0.15, 0.2) is 52.3 Å². The molecule has 0 saturated heterocycles. The van der Waals surface area contributed by atoms with Crippen LogP contribution in [0.3, 0.4) is 0 Å². The Morgan fingerprint density at radius 2 is 1.39 bits per heavy atom. The highest BCUT2D eigenvalue weighted by molar-refractivity contribution is 7.92. The third-order valence-electron chi connectivity index (χ3n) is 6.31. The van der Waals surface area contributed by atoms with Crippen LogP contribution in [-0.2, 0) is 26.2 Å². The molecule has 3 saturated carbocycles. The van der Waals surface area contributed by atoms with Crippen LogP contribution in [0.2, 0.25) is 0 Å². The summed E-state index contributed by atoms with van der Waals surface area (Å²) in [6, 6.07) is 5.04. The zero-order valence-corrected chi connectivity index (χ0v) is 19.5. The van der Waals surface area contributed by atoms with Gasteiger partial charge in [0, 0.05) is 5.54 Å². The van der Waals surface area contributed by atoms with Crippen molar-refractivity contribution in [1.82, 2.24) is 5.32 Å². The first-order chi connectivity index (χ1) is 16.3. The minimum atomic E-state index is -4.90. The second-order valence-electron chi connectivity index (χ2n) is 8.92. The Morgan fingerprint density at radius 3 is 1.86 bits per heavy atom. The lowest BCUT2D eigenvalue weighted by molar-refractivity contribution is -0.336. The van der Waals surface area contributed by atoms with Gasteiger partial charge in [-0.3, -0.25) is 9.52 Å². The molecule has 3 fully saturated rings. The molecule has 3 aliphatic rings. The van der Waals surface area contributed by atoms with Crippen LogP contribution in [0.1, 0.15) is 35.2 Å². The summed E-state index contributed by atoms with van der Waals surface area (Å²) in [6.45, 7) is 0. The standard InChI is InChI=1S/C20H17F6N3O5S2/c21-19(22,23)11-1-6-14(16(30)28-18-8-17(9-18,10-18)20(24,25)26)15(7-11)29-36(33,34)13-4-2-12(3-5-13)35(27,31)32/h1-7,29H,8-10H2,(H,28,30)(H2,27,31,32). The van der Waals surface area contributed by atoms with E-state index in [1.807, 2.05) is 4.72 Å². The van der Waals surface area contributed by atoms with E-state index in [1.165, 1.54) is 0 Å². The number of benzene rings is 2. The van der Waals surface area contributed by atoms with Crippen molar-refractivity contribution in [2.45, 2.75) is 46.9 Å². The van der Waals surface area contributed by atoms with E-state index < -0.39 is 75.9 Å². The zero-order valence-electron chi connectivity index (χ0n) is 17.9. The normalized spacial score (nSPS) is 23.9. The van der Waals surface area contributed by atoms with Crippen LogP contribution in [-0.4, -0.2) is 34.5 Å². The molecule has 0 unspecified atom stereocenters. The van der Waals surface area contributed by atoms with Crippen LogP contribution in [0.5, 0.6) is 0 Å². The van der Waals surface area contributed by atoms with Gasteiger partial charge in [0.15, 0.2) is 0 Å². The molecule has 0 radical (unpaired) electrons. The lowest BCUT2D eigenvalue weighted by Crippen LogP contribution is -2.78. The number of anilines is 1. The average Bonchev–Trinajstić information content (AvgIpc) is 2.67. The smallest absolute Gasteiger partial charge is 0.346 e. The van der Waals surface area contributed by atoms with Crippen molar-refractivity contribution in [3.8, 4) is 0 Å². The number of carbonyl (C=O) groups excluding carboxylic acids is 1. The van der Waals surface area contributed by atoms with E-state index in [-0.39, 0.29) is 19.3 Å². The number of nitrogens with two attached hydrogens (primary N) is 1. The molecule has 0 atom stereocenters. The summed E-state index contributed by atoms with van der Waals surface area (Å²) >= 11 is 0. The predicted molar refractivity (Wildman–Crippen MR) is 113 cm³/mol. The summed E-state index contributed by atoms with van der Waals surface area (Å²) in [4.78, 5) is 11.8. The fourth-order valence-corrected chi connectivity index (χ4v) is 6.13. The van der Waals surface area contributed by atoms with Crippen molar-refractivity contribution >= 4 is 31.6 Å². The first-order valence-electron chi connectivity index (χ1n) is 10.0. The number of halogens is 6. The quantitative estimate of drug-likeness (QED) is 0.468. The third kappa shape index (κ3) is 4.52. The minimum Gasteiger partial charge on any atom is -0.346 e. The number of rotatable bonds is 6. The molecule has 2 bridgehead atoms. The highest BCUT2D eigenvalue weighted by Gasteiger charge is 2.79. The van der Waals surface area contributed by atoms with Crippen LogP contribution >= 0.6 is 0 Å². The van der Waals surface area contributed by atoms with Crippen LogP contribution < -0.4 is 15.2 Å². The Balaban J connectivity index is 1.62. The molecule has 2 aromatic carbocycles. The maximum atomic E-state index is 13.3. The van der Waals surface area contributed by atoms with E-state index >= 15 is 0 Å². The molecule has 0 aliphatic heterocycles. The van der Waals surface area contributed by atoms with Gasteiger partial charge < -0.3 is 5.32 Å². The summed E-state index contributed by atoms with van der Waals surface area (Å²) in [5.41, 5.74) is -5.67. The van der Waals surface area contributed by atoms with Crippen LogP contribution in [0, 0.1) is 5.41 Å². The molecule has 3 aliphatic carbocycles. The van der Waals surface area contributed by atoms with Crippen molar-refractivity contribution in [3.63, 3.8) is 0 Å². The molecule has 0 heterocycles. The monoisotopic (exact) mass is 557 g/mol. The molecule has 0 spiro atoms. The zero-order chi connectivity index (χ0) is 26.9. The summed E-state index contributed by atoms with van der Waals surface area (Å²) in [5.74, 6) is -1.05. The van der Waals surface area contributed by atoms with Gasteiger partial charge in [0.1, 0.15) is 0 Å². The summed E-state index contributed by atoms with van der Waals surface area (Å²) in [6.07, 6.45) is -10.5. The third-order valence-corrected chi connectivity index (χ3v) is 8.62. The molecule has 5 rings (SSSR count). The topological polar surface area (TPSA) is 135 Å². The molecule has 16 heteroatoms. The van der Waals surface area contributed by atoms with Crippen molar-refractivity contribution in [3.05, 3.63) is 53.6 Å². The van der Waals surface area contributed by atoms with Gasteiger partial charge in [-0.2, -0.15) is 26.3 Å². The number of hydrogen-bond acceptors (Lipinski definition) is 5. The van der Waals surface area contributed by atoms with E-state index in [0.29, 0.717) is 18.2 Å². The molecule has 2 aromatic rings. The van der Waals surface area contributed by atoms with Crippen LogP contribution in [0.4, 0.5) is 32.0 Å². The Bertz CT molecular complexity index is 1430. The van der Waals surface area contributed by atoms with E-state index in [9.17, 15) is 48.0 Å². The molecule has 36 heavy (non-hydrogen) atoms. The first kappa shape index (κ1) is 26.2. The summed E-state index contributed by atoms with van der Waals surface area (Å²) in [7, 11) is -8.78. The molecule has 4 N–H and O–H groups in total. The summed E-state index contributed by atoms with van der Waals surface area (Å²) in [5, 5.41) is 7.33. The second-order valence-corrected chi connectivity index (χ2v) is 12.2. The van der Waals surface area contributed by atoms with Gasteiger partial charge in [-0.1, -0.05) is 0 Å². The van der Waals surface area contributed by atoms with Crippen molar-refractivity contribution in [2.75, 3.05) is 4.72 Å². The Morgan fingerprint density at radius 1 is 0.861 bits per heavy atom. The number of sulfonamides is 2. The van der Waals surface area contributed by atoms with E-state index in [2.05, 4.69) is 5.32 Å². The number of alkyl halides is 6. The molecular formula is C20H17F6N3O5S2. The van der Waals surface area contributed by atoms with Gasteiger partial charge in [0.2, 0.25) is 10.0 Å². The van der Waals surface area contributed by atoms with E-state index in [1.54, 1.807) is 0 Å². The maximum Gasteiger partial charge on any atom is 0.416 e. The van der Waals surface area contributed by atoms with Gasteiger partial charge in [0.05, 0.1) is 32.0 Å². The Kier molecular flexibility index (Phi) is 5.70. The molecular weight excluding hydrogens is 540 g/mol. The number of amides is 1. The second kappa shape index (κ2) is 7.82. The van der Waals surface area contributed by atoms with Gasteiger partial charge in [-0.05, 0) is 61.7 Å². The van der Waals surface area contributed by atoms with Crippen molar-refractivity contribution in [1.29, 1.82) is 0 Å². The maximum absolute atomic E-state index is 13.3. The average molecular weight is 557 g/mol. The highest BCUT2D eigenvalue weighted by atomic mass is 32.2. The number of primary sulfonamides is 1. The van der Waals surface area contributed by atoms with Crippen molar-refractivity contribution < 1.29 is 48.0 Å². The largest absolute Gasteiger partial charge is 0.416 e. The minimum absolute atomic E-state index is 0.379. The van der Waals surface area contributed by atoms with Crippen LogP contribution in [0.25, 0.3) is 0 Å². The van der Waals surface area contributed by atoms with E-state index in [4.69, 9.17) is 5.14 Å². The fraction of sp³-hybridized carbons (Fsp3) is 0.350. The van der Waals surface area contributed by atoms with Gasteiger partial charge in [0.25, 0.3) is 15.9 Å². The molecule has 0 aromatic heterocycles. The van der Waals surface area contributed by atoms with Crippen molar-refractivity contribution in [2.24, 2.45) is 10.6 Å². The number of hydrogen-bond donors (Lipinski definition) is 3. The summed E-state index contributed by atoms with van der Waals surface area (Å²) < 4.78 is 129. The molecule has 196 valence electrons. The van der Waals surface area contributed by atoms with E-state index in [0.717, 1.165) is 24.3 Å². The lowest BCUT2D eigenvalue weighted by Gasteiger charge is -2.70. The van der Waals surface area contributed by atoms with Gasteiger partial charge in [-0.15, -0.1) is 0 Å². The molecule has 1 amide bonds. The Hall–Kier alpha value is -2.85. The number of nitrogens with one attached hydrogen (secondary N) is 2. The Labute approximate surface area is 201 Å². The lowest BCUT2D eigenvalue weighted by atomic mass is 9.39.